The summed E-state index contributed by atoms with van der Waals surface area (Å²) in [5.41, 5.74) is 1.48. The zero-order valence-electron chi connectivity index (χ0n) is 7.63. The van der Waals surface area contributed by atoms with Crippen molar-refractivity contribution in [1.82, 2.24) is 0 Å². The molecule has 0 saturated heterocycles. The van der Waals surface area contributed by atoms with Crippen LogP contribution in [0.5, 0.6) is 0 Å². The predicted octanol–water partition coefficient (Wildman–Crippen LogP) is 2.97. The van der Waals surface area contributed by atoms with Gasteiger partial charge in [-0.1, -0.05) is 12.2 Å². The first-order chi connectivity index (χ1) is 5.95. The molecule has 0 aromatic heterocycles. The van der Waals surface area contributed by atoms with E-state index < -0.39 is 0 Å². The summed E-state index contributed by atoms with van der Waals surface area (Å²) in [5.74, 6) is 0.815. The minimum atomic E-state index is 0.815. The number of allylic oxidation sites excluding steroid dienone is 2. The lowest BCUT2D eigenvalue weighted by Gasteiger charge is -2.15. The van der Waals surface area contributed by atoms with Gasteiger partial charge in [-0.25, -0.2) is 0 Å². The van der Waals surface area contributed by atoms with Gasteiger partial charge in [-0.2, -0.15) is 0 Å². The third-order valence-corrected chi connectivity index (χ3v) is 2.81. The van der Waals surface area contributed by atoms with Crippen LogP contribution in [0, 0.1) is 5.92 Å². The highest BCUT2D eigenvalue weighted by atomic mass is 14.8. The van der Waals surface area contributed by atoms with Gasteiger partial charge in [-0.3, -0.25) is 4.99 Å². The summed E-state index contributed by atoms with van der Waals surface area (Å²) in [5, 5.41) is 0. The van der Waals surface area contributed by atoms with Gasteiger partial charge in [-0.05, 0) is 44.4 Å². The highest BCUT2D eigenvalue weighted by molar-refractivity contribution is 5.86. The van der Waals surface area contributed by atoms with Crippen LogP contribution in [0.4, 0.5) is 0 Å². The second kappa shape index (κ2) is 3.88. The van der Waals surface area contributed by atoms with E-state index in [4.69, 9.17) is 0 Å². The molecule has 1 aliphatic heterocycles. The van der Waals surface area contributed by atoms with Crippen molar-refractivity contribution in [3.8, 4) is 0 Å². The van der Waals surface area contributed by atoms with Crippen molar-refractivity contribution < 1.29 is 0 Å². The van der Waals surface area contributed by atoms with Crippen LogP contribution >= 0.6 is 0 Å². The highest BCUT2D eigenvalue weighted by Gasteiger charge is 2.13. The zero-order chi connectivity index (χ0) is 8.23. The van der Waals surface area contributed by atoms with Crippen molar-refractivity contribution in [3.05, 3.63) is 12.2 Å². The molecule has 1 unspecified atom stereocenters. The Hall–Kier alpha value is -0.590. The Kier molecular flexibility index (Phi) is 2.60. The molecule has 0 radical (unpaired) electrons. The summed E-state index contributed by atoms with van der Waals surface area (Å²) in [6.07, 6.45) is 12.6. The largest absolute Gasteiger partial charge is 0.294 e. The van der Waals surface area contributed by atoms with Gasteiger partial charge in [0.25, 0.3) is 0 Å². The van der Waals surface area contributed by atoms with E-state index in [1.807, 2.05) is 0 Å². The lowest BCUT2D eigenvalue weighted by Crippen LogP contribution is -2.06. The van der Waals surface area contributed by atoms with Crippen LogP contribution in [-0.4, -0.2) is 12.3 Å². The molecule has 0 saturated carbocycles. The number of rotatable bonds is 2. The average molecular weight is 163 g/mol. The topological polar surface area (TPSA) is 12.4 Å². The van der Waals surface area contributed by atoms with Crippen molar-refractivity contribution in [3.63, 3.8) is 0 Å². The fraction of sp³-hybridized carbons (Fsp3) is 0.727. The van der Waals surface area contributed by atoms with E-state index in [0.29, 0.717) is 0 Å². The van der Waals surface area contributed by atoms with Crippen molar-refractivity contribution >= 4 is 5.71 Å². The third-order valence-electron chi connectivity index (χ3n) is 2.81. The molecule has 1 heteroatoms. The van der Waals surface area contributed by atoms with Gasteiger partial charge in [0, 0.05) is 12.3 Å². The maximum absolute atomic E-state index is 4.51. The normalized spacial score (nSPS) is 29.0. The monoisotopic (exact) mass is 163 g/mol. The summed E-state index contributed by atoms with van der Waals surface area (Å²) in [6, 6.07) is 0. The van der Waals surface area contributed by atoms with Gasteiger partial charge in [0.1, 0.15) is 0 Å². The molecule has 12 heavy (non-hydrogen) atoms. The minimum Gasteiger partial charge on any atom is -0.294 e. The molecule has 0 aromatic carbocycles. The Morgan fingerprint density at radius 1 is 1.42 bits per heavy atom. The SMILES string of the molecule is C1=CC(CC2=NCCC2)CCC1. The number of aliphatic imine (C=N–C) groups is 1. The van der Waals surface area contributed by atoms with Crippen molar-refractivity contribution in [2.45, 2.75) is 38.5 Å². The van der Waals surface area contributed by atoms with Gasteiger partial charge >= 0.3 is 0 Å². The summed E-state index contributed by atoms with van der Waals surface area (Å²) in [4.78, 5) is 4.51. The molecule has 1 atom stereocenters. The fourth-order valence-corrected chi connectivity index (χ4v) is 2.12. The smallest absolute Gasteiger partial charge is 0.0392 e. The van der Waals surface area contributed by atoms with Crippen LogP contribution in [0.2, 0.25) is 0 Å². The van der Waals surface area contributed by atoms with E-state index >= 15 is 0 Å². The molecule has 0 N–H and O–H groups in total. The second-order valence-electron chi connectivity index (χ2n) is 3.87. The van der Waals surface area contributed by atoms with Crippen LogP contribution in [0.15, 0.2) is 17.1 Å². The van der Waals surface area contributed by atoms with E-state index in [1.165, 1.54) is 44.2 Å². The van der Waals surface area contributed by atoms with Crippen LogP contribution in [0.3, 0.4) is 0 Å². The summed E-state index contributed by atoms with van der Waals surface area (Å²) >= 11 is 0. The third kappa shape index (κ3) is 1.96. The van der Waals surface area contributed by atoms with Gasteiger partial charge < -0.3 is 0 Å². The summed E-state index contributed by atoms with van der Waals surface area (Å²) in [7, 11) is 0. The molecule has 1 heterocycles. The van der Waals surface area contributed by atoms with Crippen molar-refractivity contribution in [2.75, 3.05) is 6.54 Å². The van der Waals surface area contributed by atoms with E-state index in [1.54, 1.807) is 0 Å². The quantitative estimate of drug-likeness (QED) is 0.555. The molecular weight excluding hydrogens is 146 g/mol. The van der Waals surface area contributed by atoms with Gasteiger partial charge in [0.15, 0.2) is 0 Å². The second-order valence-corrected chi connectivity index (χ2v) is 3.87. The Labute approximate surface area is 74.6 Å². The number of hydrogen-bond acceptors (Lipinski definition) is 1. The maximum atomic E-state index is 4.51. The highest BCUT2D eigenvalue weighted by Crippen LogP contribution is 2.22. The van der Waals surface area contributed by atoms with E-state index in [0.717, 1.165) is 12.5 Å². The van der Waals surface area contributed by atoms with Crippen LogP contribution in [0.1, 0.15) is 38.5 Å². The predicted molar refractivity (Wildman–Crippen MR) is 52.6 cm³/mol. The van der Waals surface area contributed by atoms with Crippen LogP contribution in [0.25, 0.3) is 0 Å². The van der Waals surface area contributed by atoms with Gasteiger partial charge in [0.2, 0.25) is 0 Å². The van der Waals surface area contributed by atoms with E-state index in [9.17, 15) is 0 Å². The number of hydrogen-bond donors (Lipinski definition) is 0. The molecule has 2 aliphatic rings. The molecule has 1 aliphatic carbocycles. The Bertz CT molecular complexity index is 203. The minimum absolute atomic E-state index is 0.815. The Morgan fingerprint density at radius 2 is 2.42 bits per heavy atom. The molecule has 1 nitrogen and oxygen atoms in total. The standard InChI is InChI=1S/C11H17N/c1-2-5-10(6-3-1)9-11-7-4-8-12-11/h2,5,10H,1,3-4,6-9H2. The Morgan fingerprint density at radius 3 is 3.08 bits per heavy atom. The maximum Gasteiger partial charge on any atom is 0.0392 e. The zero-order valence-corrected chi connectivity index (χ0v) is 7.63. The first kappa shape index (κ1) is 8.03. The molecule has 0 fully saturated rings. The molecule has 0 spiro atoms. The first-order valence-electron chi connectivity index (χ1n) is 5.14. The van der Waals surface area contributed by atoms with Crippen molar-refractivity contribution in [2.24, 2.45) is 10.9 Å². The van der Waals surface area contributed by atoms with Crippen molar-refractivity contribution in [1.29, 1.82) is 0 Å². The molecule has 0 amide bonds. The molecule has 2 rings (SSSR count). The van der Waals surface area contributed by atoms with Gasteiger partial charge in [-0.15, -0.1) is 0 Å². The van der Waals surface area contributed by atoms with Crippen LogP contribution in [-0.2, 0) is 0 Å². The lowest BCUT2D eigenvalue weighted by molar-refractivity contribution is 0.556. The fourth-order valence-electron chi connectivity index (χ4n) is 2.12. The Balaban J connectivity index is 1.85. The number of nitrogens with zero attached hydrogens (tertiary/aromatic N) is 1. The molecular formula is C11H17N. The summed E-state index contributed by atoms with van der Waals surface area (Å²) < 4.78 is 0. The summed E-state index contributed by atoms with van der Waals surface area (Å²) in [6.45, 7) is 1.09. The molecule has 0 aromatic rings. The lowest BCUT2D eigenvalue weighted by atomic mass is 9.91. The molecule has 0 bridgehead atoms. The van der Waals surface area contributed by atoms with Crippen LogP contribution < -0.4 is 0 Å². The van der Waals surface area contributed by atoms with E-state index in [2.05, 4.69) is 17.1 Å². The van der Waals surface area contributed by atoms with Gasteiger partial charge in [0.05, 0.1) is 0 Å². The van der Waals surface area contributed by atoms with E-state index in [-0.39, 0.29) is 0 Å². The average Bonchev–Trinajstić information content (AvgIpc) is 2.59. The first-order valence-corrected chi connectivity index (χ1v) is 5.14. The molecule has 66 valence electrons.